The largest absolute Gasteiger partial charge is 0.427 e. The van der Waals surface area contributed by atoms with Crippen molar-refractivity contribution in [2.75, 3.05) is 0 Å². The lowest BCUT2D eigenvalue weighted by atomic mass is 10.2. The van der Waals surface area contributed by atoms with Gasteiger partial charge in [-0.2, -0.15) is 0 Å². The second-order valence-electron chi connectivity index (χ2n) is 5.51. The Morgan fingerprint density at radius 1 is 1.15 bits per heavy atom. The monoisotopic (exact) mass is 401 g/mol. The number of ether oxygens (including phenoxy) is 2. The Morgan fingerprint density at radius 2 is 1.93 bits per heavy atom. The van der Waals surface area contributed by atoms with Crippen molar-refractivity contribution in [3.8, 4) is 5.75 Å². The maximum atomic E-state index is 12.0. The van der Waals surface area contributed by atoms with Crippen LogP contribution >= 0.6 is 23.2 Å². The summed E-state index contributed by atoms with van der Waals surface area (Å²) in [7, 11) is 0. The molecule has 0 unspecified atom stereocenters. The Kier molecular flexibility index (Phi) is 5.74. The number of rotatable bonds is 4. The van der Waals surface area contributed by atoms with E-state index in [0.29, 0.717) is 26.9 Å². The van der Waals surface area contributed by atoms with Gasteiger partial charge in [0.25, 0.3) is 0 Å². The molecule has 0 aromatic heterocycles. The van der Waals surface area contributed by atoms with Crippen LogP contribution in [0.2, 0.25) is 10.0 Å². The third-order valence-electron chi connectivity index (χ3n) is 3.45. The number of benzene rings is 2. The highest BCUT2D eigenvalue weighted by atomic mass is 35.5. The SMILES string of the molecule is CC(=O)Oc1cccc(C=C2N=C(C=Cc3cccc(Cl)c3Cl)OC2=O)c1. The highest BCUT2D eigenvalue weighted by Crippen LogP contribution is 2.27. The van der Waals surface area contributed by atoms with E-state index in [4.69, 9.17) is 32.7 Å². The first-order chi connectivity index (χ1) is 12.9. The number of hydrogen-bond donors (Lipinski definition) is 0. The van der Waals surface area contributed by atoms with E-state index in [0.717, 1.165) is 0 Å². The molecule has 3 rings (SSSR count). The van der Waals surface area contributed by atoms with Crippen LogP contribution < -0.4 is 4.74 Å². The zero-order chi connectivity index (χ0) is 19.4. The average molecular weight is 402 g/mol. The van der Waals surface area contributed by atoms with Crippen LogP contribution in [0.4, 0.5) is 0 Å². The first kappa shape index (κ1) is 18.9. The highest BCUT2D eigenvalue weighted by Gasteiger charge is 2.21. The second-order valence-corrected chi connectivity index (χ2v) is 6.30. The molecule has 27 heavy (non-hydrogen) atoms. The summed E-state index contributed by atoms with van der Waals surface area (Å²) in [5.41, 5.74) is 1.45. The molecule has 1 heterocycles. The van der Waals surface area contributed by atoms with Gasteiger partial charge in [-0.1, -0.05) is 47.5 Å². The van der Waals surface area contributed by atoms with E-state index >= 15 is 0 Å². The van der Waals surface area contributed by atoms with E-state index in [1.165, 1.54) is 13.0 Å². The maximum absolute atomic E-state index is 12.0. The fraction of sp³-hybridized carbons (Fsp3) is 0.0500. The molecule has 0 spiro atoms. The summed E-state index contributed by atoms with van der Waals surface area (Å²) in [5, 5.41) is 0.829. The van der Waals surface area contributed by atoms with Crippen LogP contribution in [-0.4, -0.2) is 17.8 Å². The summed E-state index contributed by atoms with van der Waals surface area (Å²) in [6.45, 7) is 1.31. The Labute approximate surface area is 165 Å². The number of hydrogen-bond acceptors (Lipinski definition) is 5. The summed E-state index contributed by atoms with van der Waals surface area (Å²) >= 11 is 12.1. The van der Waals surface area contributed by atoms with Crippen molar-refractivity contribution in [3.05, 3.63) is 75.4 Å². The molecule has 0 aliphatic carbocycles. The first-order valence-corrected chi connectivity index (χ1v) is 8.61. The number of cyclic esters (lactones) is 1. The Balaban J connectivity index is 1.82. The highest BCUT2D eigenvalue weighted by molar-refractivity contribution is 6.42. The number of aliphatic imine (C=N–C) groups is 1. The molecule has 0 fully saturated rings. The lowest BCUT2D eigenvalue weighted by Crippen LogP contribution is -2.02. The van der Waals surface area contributed by atoms with Crippen LogP contribution in [0.5, 0.6) is 5.75 Å². The second kappa shape index (κ2) is 8.20. The normalized spacial score (nSPS) is 15.1. The Hall–Kier alpha value is -2.89. The minimum atomic E-state index is -0.579. The molecule has 2 aromatic carbocycles. The molecule has 0 bridgehead atoms. The van der Waals surface area contributed by atoms with Gasteiger partial charge < -0.3 is 9.47 Å². The van der Waals surface area contributed by atoms with Gasteiger partial charge in [-0.25, -0.2) is 9.79 Å². The summed E-state index contributed by atoms with van der Waals surface area (Å²) in [6, 6.07) is 11.9. The summed E-state index contributed by atoms with van der Waals surface area (Å²) in [4.78, 5) is 27.2. The van der Waals surface area contributed by atoms with Crippen molar-refractivity contribution in [3.63, 3.8) is 0 Å². The molecule has 5 nitrogen and oxygen atoms in total. The molecular formula is C20H13Cl2NO4. The summed E-state index contributed by atoms with van der Waals surface area (Å²) in [6.07, 6.45) is 4.73. The number of carbonyl (C=O) groups excluding carboxylic acids is 2. The number of carbonyl (C=O) groups is 2. The average Bonchev–Trinajstić information content (AvgIpc) is 2.95. The molecule has 0 atom stereocenters. The molecule has 0 saturated heterocycles. The minimum absolute atomic E-state index is 0.131. The smallest absolute Gasteiger partial charge is 0.363 e. The van der Waals surface area contributed by atoms with Gasteiger partial charge in [-0.3, -0.25) is 4.79 Å². The molecule has 0 radical (unpaired) electrons. The van der Waals surface area contributed by atoms with Crippen LogP contribution in [0.3, 0.4) is 0 Å². The van der Waals surface area contributed by atoms with E-state index in [1.54, 1.807) is 54.6 Å². The summed E-state index contributed by atoms with van der Waals surface area (Å²) in [5.74, 6) is -0.490. The van der Waals surface area contributed by atoms with Gasteiger partial charge in [0.05, 0.1) is 10.0 Å². The molecular weight excluding hydrogens is 389 g/mol. The molecule has 0 N–H and O–H groups in total. The van der Waals surface area contributed by atoms with Gasteiger partial charge in [0, 0.05) is 13.0 Å². The Morgan fingerprint density at radius 3 is 2.70 bits per heavy atom. The van der Waals surface area contributed by atoms with Crippen molar-refractivity contribution in [1.29, 1.82) is 0 Å². The van der Waals surface area contributed by atoms with E-state index in [1.807, 2.05) is 0 Å². The molecule has 0 saturated carbocycles. The van der Waals surface area contributed by atoms with Crippen molar-refractivity contribution in [1.82, 2.24) is 0 Å². The van der Waals surface area contributed by atoms with Gasteiger partial charge in [0.2, 0.25) is 5.90 Å². The number of nitrogens with zero attached hydrogens (tertiary/aromatic N) is 1. The predicted octanol–water partition coefficient (Wildman–Crippen LogP) is 4.93. The van der Waals surface area contributed by atoms with Crippen molar-refractivity contribution in [2.45, 2.75) is 6.92 Å². The first-order valence-electron chi connectivity index (χ1n) is 7.85. The Bertz CT molecular complexity index is 1010. The predicted molar refractivity (Wildman–Crippen MR) is 105 cm³/mol. The van der Waals surface area contributed by atoms with E-state index in [9.17, 15) is 9.59 Å². The lowest BCUT2D eigenvalue weighted by molar-refractivity contribution is -0.132. The van der Waals surface area contributed by atoms with Gasteiger partial charge in [-0.15, -0.1) is 0 Å². The van der Waals surface area contributed by atoms with Crippen LogP contribution in [-0.2, 0) is 14.3 Å². The van der Waals surface area contributed by atoms with Gasteiger partial charge in [0.1, 0.15) is 5.75 Å². The van der Waals surface area contributed by atoms with Crippen molar-refractivity contribution >= 4 is 53.2 Å². The fourth-order valence-corrected chi connectivity index (χ4v) is 2.67. The minimum Gasteiger partial charge on any atom is -0.427 e. The van der Waals surface area contributed by atoms with Crippen LogP contribution in [0.25, 0.3) is 12.2 Å². The fourth-order valence-electron chi connectivity index (χ4n) is 2.30. The molecule has 1 aliphatic heterocycles. The number of esters is 2. The van der Waals surface area contributed by atoms with Crippen molar-refractivity contribution in [2.24, 2.45) is 4.99 Å². The topological polar surface area (TPSA) is 65.0 Å². The molecule has 7 heteroatoms. The van der Waals surface area contributed by atoms with Crippen molar-refractivity contribution < 1.29 is 19.1 Å². The zero-order valence-corrected chi connectivity index (χ0v) is 15.6. The third kappa shape index (κ3) is 4.84. The summed E-state index contributed by atoms with van der Waals surface area (Å²) < 4.78 is 10.1. The molecule has 136 valence electrons. The van der Waals surface area contributed by atoms with Gasteiger partial charge in [-0.05, 0) is 41.5 Å². The quantitative estimate of drug-likeness (QED) is 0.413. The van der Waals surface area contributed by atoms with Crippen LogP contribution in [0, 0.1) is 0 Å². The lowest BCUT2D eigenvalue weighted by Gasteiger charge is -2.01. The molecule has 2 aromatic rings. The third-order valence-corrected chi connectivity index (χ3v) is 4.28. The van der Waals surface area contributed by atoms with Gasteiger partial charge in [0.15, 0.2) is 5.70 Å². The van der Waals surface area contributed by atoms with Crippen LogP contribution in [0.15, 0.2) is 59.2 Å². The van der Waals surface area contributed by atoms with E-state index < -0.39 is 11.9 Å². The molecule has 0 amide bonds. The number of halogens is 2. The van der Waals surface area contributed by atoms with Gasteiger partial charge >= 0.3 is 11.9 Å². The van der Waals surface area contributed by atoms with E-state index in [2.05, 4.69) is 4.99 Å². The maximum Gasteiger partial charge on any atom is 0.363 e. The molecule has 1 aliphatic rings. The van der Waals surface area contributed by atoms with Crippen LogP contribution in [0.1, 0.15) is 18.1 Å². The standard InChI is InChI=1S/C20H13Cl2NO4/c1-12(24)26-15-6-2-4-13(10-15)11-17-20(25)27-18(23-17)9-8-14-5-3-7-16(21)19(14)22/h2-11H,1H3. The van der Waals surface area contributed by atoms with E-state index in [-0.39, 0.29) is 11.6 Å². The zero-order valence-electron chi connectivity index (χ0n) is 14.1.